The number of aromatic nitrogens is 2. The van der Waals surface area contributed by atoms with E-state index in [1.54, 1.807) is 19.2 Å². The Morgan fingerprint density at radius 2 is 1.72 bits per heavy atom. The van der Waals surface area contributed by atoms with Gasteiger partial charge in [-0.3, -0.25) is 9.59 Å². The largest absolute Gasteiger partial charge is 0.355 e. The summed E-state index contributed by atoms with van der Waals surface area (Å²) >= 11 is 0. The van der Waals surface area contributed by atoms with Crippen LogP contribution in [0.4, 0.5) is 0 Å². The van der Waals surface area contributed by atoms with Gasteiger partial charge in [-0.25, -0.2) is 4.98 Å². The van der Waals surface area contributed by atoms with Gasteiger partial charge in [-0.1, -0.05) is 24.3 Å². The van der Waals surface area contributed by atoms with Crippen LogP contribution >= 0.6 is 0 Å². The van der Waals surface area contributed by atoms with Crippen LogP contribution < -0.4 is 5.32 Å². The quantitative estimate of drug-likeness (QED) is 0.725. The third-order valence-corrected chi connectivity index (χ3v) is 5.54. The molecule has 1 aliphatic rings. The van der Waals surface area contributed by atoms with E-state index in [4.69, 9.17) is 4.98 Å². The second-order valence-corrected chi connectivity index (χ2v) is 7.42. The van der Waals surface area contributed by atoms with Gasteiger partial charge >= 0.3 is 0 Å². The molecule has 6 nitrogen and oxygen atoms in total. The van der Waals surface area contributed by atoms with Gasteiger partial charge in [0.15, 0.2) is 0 Å². The lowest BCUT2D eigenvalue weighted by Crippen LogP contribution is -2.36. The maximum absolute atomic E-state index is 12.7. The highest BCUT2D eigenvalue weighted by atomic mass is 16.2. The van der Waals surface area contributed by atoms with E-state index in [0.29, 0.717) is 18.5 Å². The molecular weight excluding hydrogens is 364 g/mol. The summed E-state index contributed by atoms with van der Waals surface area (Å²) < 4.78 is 2.12. The van der Waals surface area contributed by atoms with Crippen molar-refractivity contribution in [3.05, 3.63) is 54.1 Å². The molecule has 2 aromatic carbocycles. The van der Waals surface area contributed by atoms with Crippen LogP contribution in [-0.4, -0.2) is 46.4 Å². The van der Waals surface area contributed by atoms with Crippen LogP contribution in [-0.2, 0) is 11.3 Å². The van der Waals surface area contributed by atoms with Crippen LogP contribution in [0.15, 0.2) is 48.5 Å². The summed E-state index contributed by atoms with van der Waals surface area (Å²) in [6.07, 6.45) is 3.88. The van der Waals surface area contributed by atoms with Crippen molar-refractivity contribution in [2.24, 2.45) is 0 Å². The molecule has 6 heteroatoms. The maximum atomic E-state index is 12.7. The zero-order chi connectivity index (χ0) is 20.2. The van der Waals surface area contributed by atoms with E-state index in [1.165, 1.54) is 6.42 Å². The van der Waals surface area contributed by atoms with Gasteiger partial charge in [-0.2, -0.15) is 0 Å². The van der Waals surface area contributed by atoms with Gasteiger partial charge in [-0.15, -0.1) is 0 Å². The normalized spacial score (nSPS) is 14.2. The lowest BCUT2D eigenvalue weighted by molar-refractivity contribution is -0.132. The first kappa shape index (κ1) is 19.2. The molecular formula is C23H26N4O2. The fraction of sp³-hybridized carbons (Fsp3) is 0.348. The molecule has 3 aromatic rings. The zero-order valence-electron chi connectivity index (χ0n) is 16.7. The maximum Gasteiger partial charge on any atom is 0.251 e. The van der Waals surface area contributed by atoms with Crippen molar-refractivity contribution in [2.45, 2.75) is 32.2 Å². The average molecular weight is 390 g/mol. The lowest BCUT2D eigenvalue weighted by atomic mass is 10.1. The van der Waals surface area contributed by atoms with Crippen molar-refractivity contribution >= 4 is 22.8 Å². The molecule has 150 valence electrons. The molecule has 1 fully saturated rings. The minimum Gasteiger partial charge on any atom is -0.355 e. The number of imidazole rings is 1. The summed E-state index contributed by atoms with van der Waals surface area (Å²) in [5.41, 5.74) is 3.46. The van der Waals surface area contributed by atoms with E-state index in [9.17, 15) is 9.59 Å². The monoisotopic (exact) mass is 390 g/mol. The average Bonchev–Trinajstić information content (AvgIpc) is 3.16. The summed E-state index contributed by atoms with van der Waals surface area (Å²) in [6, 6.07) is 15.4. The molecule has 0 unspecified atom stereocenters. The van der Waals surface area contributed by atoms with Crippen molar-refractivity contribution in [2.75, 3.05) is 20.1 Å². The number of para-hydroxylation sites is 2. The zero-order valence-corrected chi connectivity index (χ0v) is 16.7. The molecule has 1 N–H and O–H groups in total. The number of hydrogen-bond donors (Lipinski definition) is 1. The topological polar surface area (TPSA) is 67.2 Å². The van der Waals surface area contributed by atoms with Crippen LogP contribution in [0, 0.1) is 0 Å². The molecule has 0 aliphatic carbocycles. The van der Waals surface area contributed by atoms with E-state index in [2.05, 4.69) is 9.88 Å². The van der Waals surface area contributed by atoms with E-state index >= 15 is 0 Å². The molecule has 0 spiro atoms. The number of carbonyl (C=O) groups is 2. The molecule has 0 bridgehead atoms. The van der Waals surface area contributed by atoms with Crippen LogP contribution in [0.1, 0.15) is 36.0 Å². The first-order chi connectivity index (χ1) is 14.2. The van der Waals surface area contributed by atoms with Gasteiger partial charge in [0.05, 0.1) is 11.0 Å². The summed E-state index contributed by atoms with van der Waals surface area (Å²) in [7, 11) is 1.62. The number of nitrogens with zero attached hydrogens (tertiary/aromatic N) is 3. The number of amides is 2. The minimum absolute atomic E-state index is 0.114. The second-order valence-electron chi connectivity index (χ2n) is 7.42. The van der Waals surface area contributed by atoms with Crippen molar-refractivity contribution in [3.63, 3.8) is 0 Å². The van der Waals surface area contributed by atoms with Crippen molar-refractivity contribution < 1.29 is 9.59 Å². The standard InChI is InChI=1S/C23H26N4O2/c1-24-23(29)18-11-9-17(10-12-18)22-25-19-7-3-4-8-20(19)27(22)16-13-21(28)26-14-5-2-6-15-26/h3-4,7-12H,2,5-6,13-16H2,1H3,(H,24,29). The van der Waals surface area contributed by atoms with Crippen LogP contribution in [0.5, 0.6) is 0 Å². The lowest BCUT2D eigenvalue weighted by Gasteiger charge is -2.27. The molecule has 0 atom stereocenters. The van der Waals surface area contributed by atoms with E-state index in [-0.39, 0.29) is 11.8 Å². The summed E-state index contributed by atoms with van der Waals surface area (Å²) in [5.74, 6) is 0.918. The Bertz CT molecular complexity index is 1020. The molecule has 1 aliphatic heterocycles. The van der Waals surface area contributed by atoms with Crippen LogP contribution in [0.3, 0.4) is 0 Å². The van der Waals surface area contributed by atoms with Gasteiger partial charge < -0.3 is 14.8 Å². The molecule has 2 amide bonds. The van der Waals surface area contributed by atoms with Crippen LogP contribution in [0.25, 0.3) is 22.4 Å². The molecule has 0 radical (unpaired) electrons. The first-order valence-electron chi connectivity index (χ1n) is 10.2. The first-order valence-corrected chi connectivity index (χ1v) is 10.2. The number of rotatable bonds is 5. The Morgan fingerprint density at radius 3 is 2.45 bits per heavy atom. The molecule has 29 heavy (non-hydrogen) atoms. The van der Waals surface area contributed by atoms with Crippen LogP contribution in [0.2, 0.25) is 0 Å². The van der Waals surface area contributed by atoms with Gasteiger partial charge in [0.2, 0.25) is 5.91 Å². The van der Waals surface area contributed by atoms with Crippen molar-refractivity contribution in [1.29, 1.82) is 0 Å². The number of fused-ring (bicyclic) bond motifs is 1. The second kappa shape index (κ2) is 8.47. The number of likely N-dealkylation sites (tertiary alicyclic amines) is 1. The smallest absolute Gasteiger partial charge is 0.251 e. The summed E-state index contributed by atoms with van der Waals surface area (Å²) in [4.78, 5) is 31.3. The van der Waals surface area contributed by atoms with Gasteiger partial charge in [0.25, 0.3) is 5.91 Å². The Morgan fingerprint density at radius 1 is 1.00 bits per heavy atom. The highest BCUT2D eigenvalue weighted by Gasteiger charge is 2.18. The summed E-state index contributed by atoms with van der Waals surface area (Å²) in [6.45, 7) is 2.33. The Kier molecular flexibility index (Phi) is 5.60. The number of aryl methyl sites for hydroxylation is 1. The fourth-order valence-electron chi connectivity index (χ4n) is 3.95. The third-order valence-electron chi connectivity index (χ3n) is 5.54. The molecule has 0 saturated carbocycles. The van der Waals surface area contributed by atoms with E-state index < -0.39 is 0 Å². The van der Waals surface area contributed by atoms with Gasteiger partial charge in [-0.05, 0) is 43.5 Å². The summed E-state index contributed by atoms with van der Waals surface area (Å²) in [5, 5.41) is 2.64. The van der Waals surface area contributed by atoms with Crippen molar-refractivity contribution in [3.8, 4) is 11.4 Å². The predicted molar refractivity (Wildman–Crippen MR) is 114 cm³/mol. The highest BCUT2D eigenvalue weighted by Crippen LogP contribution is 2.26. The Balaban J connectivity index is 1.62. The number of carbonyl (C=O) groups excluding carboxylic acids is 2. The SMILES string of the molecule is CNC(=O)c1ccc(-c2nc3ccccc3n2CCC(=O)N2CCCCC2)cc1. The Hall–Kier alpha value is -3.15. The molecule has 4 rings (SSSR count). The molecule has 1 aromatic heterocycles. The number of benzene rings is 2. The number of piperidine rings is 1. The predicted octanol–water partition coefficient (Wildman–Crippen LogP) is 3.47. The Labute approximate surface area is 170 Å². The molecule has 2 heterocycles. The van der Waals surface area contributed by atoms with E-state index in [1.807, 2.05) is 41.3 Å². The minimum atomic E-state index is -0.114. The number of nitrogens with one attached hydrogen (secondary N) is 1. The third kappa shape index (κ3) is 4.01. The fourth-order valence-corrected chi connectivity index (χ4v) is 3.95. The van der Waals surface area contributed by atoms with Gasteiger partial charge in [0, 0.05) is 44.2 Å². The highest BCUT2D eigenvalue weighted by molar-refractivity contribution is 5.94. The van der Waals surface area contributed by atoms with Crippen molar-refractivity contribution in [1.82, 2.24) is 19.8 Å². The molecule has 1 saturated heterocycles. The van der Waals surface area contributed by atoms with E-state index in [0.717, 1.165) is 48.4 Å². The van der Waals surface area contributed by atoms with Gasteiger partial charge in [0.1, 0.15) is 5.82 Å². The number of hydrogen-bond acceptors (Lipinski definition) is 3.